The zero-order valence-electron chi connectivity index (χ0n) is 16.4. The molecule has 4 amide bonds. The molecule has 1 saturated heterocycles. The van der Waals surface area contributed by atoms with E-state index in [-0.39, 0.29) is 36.7 Å². The average Bonchev–Trinajstić information content (AvgIpc) is 2.76. The Morgan fingerprint density at radius 2 is 1.90 bits per heavy atom. The van der Waals surface area contributed by atoms with Gasteiger partial charge >= 0.3 is 6.03 Å². The molecule has 1 fully saturated rings. The number of benzene rings is 1. The predicted octanol–water partition coefficient (Wildman–Crippen LogP) is 3.23. The number of carbonyl (C=O) groups is 3. The van der Waals surface area contributed by atoms with Crippen LogP contribution in [-0.2, 0) is 9.59 Å². The molecule has 0 saturated carbocycles. The number of carbonyl (C=O) groups excluding carboxylic acids is 3. The molecule has 1 aromatic carbocycles. The van der Waals surface area contributed by atoms with Crippen molar-refractivity contribution < 1.29 is 14.4 Å². The van der Waals surface area contributed by atoms with Crippen molar-refractivity contribution in [3.05, 3.63) is 53.1 Å². The molecule has 158 valence electrons. The molecule has 30 heavy (non-hydrogen) atoms. The fourth-order valence-electron chi connectivity index (χ4n) is 3.23. The summed E-state index contributed by atoms with van der Waals surface area (Å²) in [6, 6.07) is 12.3. The van der Waals surface area contributed by atoms with Gasteiger partial charge in [-0.1, -0.05) is 18.2 Å². The summed E-state index contributed by atoms with van der Waals surface area (Å²) >= 11 is 3.31. The van der Waals surface area contributed by atoms with E-state index in [1.165, 1.54) is 0 Å². The SMILES string of the molecule is O=C(NCCC(=O)N1CCCC(C(=O)Nc2ccc(Br)cn2)C1)Nc1ccccc1. The van der Waals surface area contributed by atoms with Gasteiger partial charge in [0.15, 0.2) is 0 Å². The van der Waals surface area contributed by atoms with Gasteiger partial charge in [0.25, 0.3) is 0 Å². The van der Waals surface area contributed by atoms with E-state index < -0.39 is 0 Å². The minimum absolute atomic E-state index is 0.0747. The summed E-state index contributed by atoms with van der Waals surface area (Å²) in [4.78, 5) is 42.8. The number of rotatable bonds is 6. The summed E-state index contributed by atoms with van der Waals surface area (Å²) in [6.45, 7) is 1.22. The minimum Gasteiger partial charge on any atom is -0.342 e. The predicted molar refractivity (Wildman–Crippen MR) is 118 cm³/mol. The second-order valence-electron chi connectivity index (χ2n) is 7.03. The van der Waals surface area contributed by atoms with E-state index >= 15 is 0 Å². The number of hydrogen-bond acceptors (Lipinski definition) is 4. The standard InChI is InChI=1S/C21H24BrN5O3/c22-16-8-9-18(24-13-16)26-20(29)15-5-4-12-27(14-15)19(28)10-11-23-21(30)25-17-6-2-1-3-7-17/h1-3,6-9,13,15H,4-5,10-12,14H2,(H2,23,25,30)(H,24,26,29). The van der Waals surface area contributed by atoms with Crippen molar-refractivity contribution in [1.29, 1.82) is 0 Å². The molecule has 8 nitrogen and oxygen atoms in total. The van der Waals surface area contributed by atoms with Crippen LogP contribution in [0.1, 0.15) is 19.3 Å². The van der Waals surface area contributed by atoms with Crippen LogP contribution in [-0.4, -0.2) is 47.4 Å². The van der Waals surface area contributed by atoms with Crippen molar-refractivity contribution in [3.8, 4) is 0 Å². The Kier molecular flexibility index (Phi) is 7.78. The van der Waals surface area contributed by atoms with Crippen molar-refractivity contribution in [2.75, 3.05) is 30.3 Å². The number of likely N-dealkylation sites (tertiary alicyclic amines) is 1. The topological polar surface area (TPSA) is 103 Å². The van der Waals surface area contributed by atoms with Crippen molar-refractivity contribution in [2.24, 2.45) is 5.92 Å². The molecule has 0 spiro atoms. The third-order valence-corrected chi connectivity index (χ3v) is 5.25. The van der Waals surface area contributed by atoms with Crippen LogP contribution in [0.3, 0.4) is 0 Å². The number of amides is 4. The van der Waals surface area contributed by atoms with Crippen LogP contribution in [0, 0.1) is 5.92 Å². The third-order valence-electron chi connectivity index (χ3n) is 4.78. The molecule has 1 aliphatic rings. The van der Waals surface area contributed by atoms with Crippen LogP contribution in [0.4, 0.5) is 16.3 Å². The first-order valence-corrected chi connectivity index (χ1v) is 10.6. The molecule has 9 heteroatoms. The maximum atomic E-state index is 12.5. The molecule has 3 rings (SSSR count). The van der Waals surface area contributed by atoms with Gasteiger partial charge in [0.05, 0.1) is 5.92 Å². The van der Waals surface area contributed by atoms with Crippen LogP contribution in [0.5, 0.6) is 0 Å². The summed E-state index contributed by atoms with van der Waals surface area (Å²) in [5, 5.41) is 8.20. The lowest BCUT2D eigenvalue weighted by Gasteiger charge is -2.32. The Labute approximate surface area is 183 Å². The number of aromatic nitrogens is 1. The summed E-state index contributed by atoms with van der Waals surface area (Å²) < 4.78 is 0.834. The number of para-hydroxylation sites is 1. The van der Waals surface area contributed by atoms with E-state index in [1.54, 1.807) is 35.4 Å². The van der Waals surface area contributed by atoms with Crippen LogP contribution >= 0.6 is 15.9 Å². The average molecular weight is 474 g/mol. The van der Waals surface area contributed by atoms with Crippen LogP contribution in [0.25, 0.3) is 0 Å². The Balaban J connectivity index is 1.41. The molecule has 1 atom stereocenters. The molecule has 0 aliphatic carbocycles. The summed E-state index contributed by atoms with van der Waals surface area (Å²) in [5.74, 6) is -0.000252. The first-order valence-electron chi connectivity index (χ1n) is 9.81. The van der Waals surface area contributed by atoms with Gasteiger partial charge in [-0.2, -0.15) is 0 Å². The Morgan fingerprint density at radius 1 is 1.10 bits per heavy atom. The number of hydrogen-bond donors (Lipinski definition) is 3. The van der Waals surface area contributed by atoms with Gasteiger partial charge in [0.1, 0.15) is 5.82 Å². The number of anilines is 2. The minimum atomic E-state index is -0.355. The van der Waals surface area contributed by atoms with Crippen LogP contribution in [0.2, 0.25) is 0 Å². The molecule has 0 radical (unpaired) electrons. The molecule has 1 unspecified atom stereocenters. The molecule has 2 heterocycles. The highest BCUT2D eigenvalue weighted by molar-refractivity contribution is 9.10. The highest BCUT2D eigenvalue weighted by Gasteiger charge is 2.28. The maximum absolute atomic E-state index is 12.5. The van der Waals surface area contributed by atoms with Gasteiger partial charge in [0.2, 0.25) is 11.8 Å². The lowest BCUT2D eigenvalue weighted by molar-refractivity contribution is -0.134. The van der Waals surface area contributed by atoms with Crippen molar-refractivity contribution in [3.63, 3.8) is 0 Å². The lowest BCUT2D eigenvalue weighted by Crippen LogP contribution is -2.44. The van der Waals surface area contributed by atoms with Gasteiger partial charge in [-0.05, 0) is 53.0 Å². The third kappa shape index (κ3) is 6.55. The fraction of sp³-hybridized carbons (Fsp3) is 0.333. The van der Waals surface area contributed by atoms with Crippen molar-refractivity contribution >= 4 is 45.3 Å². The van der Waals surface area contributed by atoms with Crippen LogP contribution in [0.15, 0.2) is 53.1 Å². The lowest BCUT2D eigenvalue weighted by atomic mass is 9.97. The van der Waals surface area contributed by atoms with E-state index in [1.807, 2.05) is 18.2 Å². The number of nitrogens with zero attached hydrogens (tertiary/aromatic N) is 2. The number of halogens is 1. The Bertz CT molecular complexity index is 876. The van der Waals surface area contributed by atoms with Crippen LogP contribution < -0.4 is 16.0 Å². The summed E-state index contributed by atoms with van der Waals surface area (Å²) in [7, 11) is 0. The van der Waals surface area contributed by atoms with Gasteiger partial charge in [-0.15, -0.1) is 0 Å². The highest BCUT2D eigenvalue weighted by atomic mass is 79.9. The first-order chi connectivity index (χ1) is 14.5. The largest absolute Gasteiger partial charge is 0.342 e. The summed E-state index contributed by atoms with van der Waals surface area (Å²) in [6.07, 6.45) is 3.29. The second kappa shape index (κ2) is 10.7. The van der Waals surface area contributed by atoms with E-state index in [0.29, 0.717) is 24.6 Å². The number of piperidine rings is 1. The quantitative estimate of drug-likeness (QED) is 0.598. The molecule has 1 aliphatic heterocycles. The number of pyridine rings is 1. The molecule has 0 bridgehead atoms. The number of urea groups is 1. The zero-order valence-corrected chi connectivity index (χ0v) is 18.0. The maximum Gasteiger partial charge on any atom is 0.319 e. The Hall–Kier alpha value is -2.94. The molecular weight excluding hydrogens is 450 g/mol. The highest BCUT2D eigenvalue weighted by Crippen LogP contribution is 2.19. The van der Waals surface area contributed by atoms with Gasteiger partial charge in [0, 0.05) is 42.4 Å². The fourth-order valence-corrected chi connectivity index (χ4v) is 3.47. The Morgan fingerprint density at radius 3 is 2.63 bits per heavy atom. The van der Waals surface area contributed by atoms with Gasteiger partial charge < -0.3 is 20.9 Å². The zero-order chi connectivity index (χ0) is 21.3. The summed E-state index contributed by atoms with van der Waals surface area (Å²) in [5.41, 5.74) is 0.687. The van der Waals surface area contributed by atoms with E-state index in [4.69, 9.17) is 0 Å². The molecule has 2 aromatic rings. The normalized spacial score (nSPS) is 15.9. The van der Waals surface area contributed by atoms with Gasteiger partial charge in [-0.25, -0.2) is 9.78 Å². The molecular formula is C21H24BrN5O3. The first kappa shape index (κ1) is 21.8. The van der Waals surface area contributed by atoms with Crippen molar-refractivity contribution in [2.45, 2.75) is 19.3 Å². The monoisotopic (exact) mass is 473 g/mol. The van der Waals surface area contributed by atoms with Crippen molar-refractivity contribution in [1.82, 2.24) is 15.2 Å². The molecule has 1 aromatic heterocycles. The second-order valence-corrected chi connectivity index (χ2v) is 7.94. The molecule has 3 N–H and O–H groups in total. The number of nitrogens with one attached hydrogen (secondary N) is 3. The van der Waals surface area contributed by atoms with E-state index in [0.717, 1.165) is 17.3 Å². The van der Waals surface area contributed by atoms with E-state index in [9.17, 15) is 14.4 Å². The van der Waals surface area contributed by atoms with E-state index in [2.05, 4.69) is 36.9 Å². The smallest absolute Gasteiger partial charge is 0.319 e. The van der Waals surface area contributed by atoms with Gasteiger partial charge in [-0.3, -0.25) is 9.59 Å².